The van der Waals surface area contributed by atoms with Crippen molar-refractivity contribution in [1.82, 2.24) is 0 Å². The molecule has 0 atom stereocenters. The fraction of sp³-hybridized carbons (Fsp3) is 0.273. The predicted octanol–water partition coefficient (Wildman–Crippen LogP) is 5.22. The van der Waals surface area contributed by atoms with Gasteiger partial charge in [-0.25, -0.2) is 0 Å². The lowest BCUT2D eigenvalue weighted by molar-refractivity contribution is 0.0691. The number of unbranched alkanes of at least 4 members (excludes halogenated alkanes) is 1. The highest BCUT2D eigenvalue weighted by Crippen LogP contribution is 2.22. The summed E-state index contributed by atoms with van der Waals surface area (Å²) in [7, 11) is 0. The Kier molecular flexibility index (Phi) is 6.43. The zero-order valence-electron chi connectivity index (χ0n) is 14.8. The number of allylic oxidation sites excluding steroid dienone is 1. The van der Waals surface area contributed by atoms with Gasteiger partial charge in [-0.2, -0.15) is 0 Å². The molecule has 2 aromatic carbocycles. The van der Waals surface area contributed by atoms with Gasteiger partial charge in [0.15, 0.2) is 0 Å². The topological polar surface area (TPSA) is 60.7 Å². The van der Waals surface area contributed by atoms with E-state index in [0.29, 0.717) is 0 Å². The summed E-state index contributed by atoms with van der Waals surface area (Å²) in [6, 6.07) is 12.6. The molecule has 0 aliphatic heterocycles. The van der Waals surface area contributed by atoms with Crippen molar-refractivity contribution in [2.24, 2.45) is 0 Å². The molecule has 0 bridgehead atoms. The van der Waals surface area contributed by atoms with E-state index in [1.807, 2.05) is 44.2 Å². The molecular formula is C22H26O3. The van der Waals surface area contributed by atoms with Crippen LogP contribution in [-0.2, 0) is 0 Å². The van der Waals surface area contributed by atoms with Gasteiger partial charge in [0.25, 0.3) is 0 Å². The lowest BCUT2D eigenvalue weighted by Gasteiger charge is -2.15. The van der Waals surface area contributed by atoms with Gasteiger partial charge in [-0.05, 0) is 68.0 Å². The van der Waals surface area contributed by atoms with Crippen molar-refractivity contribution in [2.45, 2.75) is 38.7 Å². The maximum atomic E-state index is 9.69. The molecule has 0 saturated carbocycles. The molecule has 2 rings (SSSR count). The maximum absolute atomic E-state index is 9.69. The Hall–Kier alpha value is -2.52. The quantitative estimate of drug-likeness (QED) is 0.479. The van der Waals surface area contributed by atoms with Crippen molar-refractivity contribution in [3.63, 3.8) is 0 Å². The summed E-state index contributed by atoms with van der Waals surface area (Å²) in [4.78, 5) is 0. The third-order valence-electron chi connectivity index (χ3n) is 3.77. The number of aliphatic hydroxyl groups is 1. The van der Waals surface area contributed by atoms with Crippen molar-refractivity contribution >= 4 is 18.2 Å². The Morgan fingerprint density at radius 1 is 0.840 bits per heavy atom. The van der Waals surface area contributed by atoms with Gasteiger partial charge in [0, 0.05) is 6.07 Å². The number of benzene rings is 2. The van der Waals surface area contributed by atoms with E-state index in [-0.39, 0.29) is 11.5 Å². The first kappa shape index (κ1) is 18.8. The number of hydrogen-bond donors (Lipinski definition) is 3. The van der Waals surface area contributed by atoms with Crippen LogP contribution in [0.1, 0.15) is 49.8 Å². The average Bonchev–Trinajstić information content (AvgIpc) is 2.51. The van der Waals surface area contributed by atoms with Crippen LogP contribution in [0.3, 0.4) is 0 Å². The van der Waals surface area contributed by atoms with Crippen LogP contribution in [0, 0.1) is 0 Å². The zero-order chi connectivity index (χ0) is 18.3. The standard InChI is InChI=1S/C22H26O3/c1-22(2,25)12-5-3-4-7-17-8-6-9-18(13-17)10-11-19-14-20(23)16-21(24)15-19/h4,6-11,13-16,23-25H,3,5,12H2,1-2H3/b7-4+,11-10+. The van der Waals surface area contributed by atoms with Crippen LogP contribution in [-0.4, -0.2) is 20.9 Å². The number of hydrogen-bond acceptors (Lipinski definition) is 3. The molecule has 0 unspecified atom stereocenters. The SMILES string of the molecule is CC(C)(O)CCC/C=C/c1cccc(/C=C/c2cc(O)cc(O)c2)c1. The maximum Gasteiger partial charge on any atom is 0.119 e. The Balaban J connectivity index is 1.97. The largest absolute Gasteiger partial charge is 0.508 e. The molecule has 2 aromatic rings. The number of rotatable bonds is 7. The van der Waals surface area contributed by atoms with E-state index >= 15 is 0 Å². The minimum atomic E-state index is -0.598. The third-order valence-corrected chi connectivity index (χ3v) is 3.77. The van der Waals surface area contributed by atoms with Crippen LogP contribution < -0.4 is 0 Å². The fourth-order valence-corrected chi connectivity index (χ4v) is 2.54. The van der Waals surface area contributed by atoms with Gasteiger partial charge in [-0.3, -0.25) is 0 Å². The molecule has 0 spiro atoms. The van der Waals surface area contributed by atoms with E-state index in [0.717, 1.165) is 36.0 Å². The summed E-state index contributed by atoms with van der Waals surface area (Å²) in [5.74, 6) is 0.0878. The highest BCUT2D eigenvalue weighted by molar-refractivity contribution is 5.72. The Morgan fingerprint density at radius 2 is 1.44 bits per heavy atom. The minimum Gasteiger partial charge on any atom is -0.508 e. The Morgan fingerprint density at radius 3 is 2.08 bits per heavy atom. The molecule has 0 aliphatic rings. The van der Waals surface area contributed by atoms with Gasteiger partial charge in [0.05, 0.1) is 5.60 Å². The molecule has 132 valence electrons. The fourth-order valence-electron chi connectivity index (χ4n) is 2.54. The molecule has 0 amide bonds. The van der Waals surface area contributed by atoms with Gasteiger partial charge in [0.2, 0.25) is 0 Å². The van der Waals surface area contributed by atoms with Crippen molar-refractivity contribution in [1.29, 1.82) is 0 Å². The smallest absolute Gasteiger partial charge is 0.119 e. The molecule has 0 saturated heterocycles. The van der Waals surface area contributed by atoms with Gasteiger partial charge in [-0.1, -0.05) is 42.5 Å². The van der Waals surface area contributed by atoms with Crippen molar-refractivity contribution in [2.75, 3.05) is 0 Å². The van der Waals surface area contributed by atoms with E-state index in [2.05, 4.69) is 18.2 Å². The molecule has 3 nitrogen and oxygen atoms in total. The van der Waals surface area contributed by atoms with Gasteiger partial charge < -0.3 is 15.3 Å². The molecule has 0 radical (unpaired) electrons. The molecule has 3 heteroatoms. The highest BCUT2D eigenvalue weighted by atomic mass is 16.3. The second-order valence-electron chi connectivity index (χ2n) is 6.89. The summed E-state index contributed by atoms with van der Waals surface area (Å²) < 4.78 is 0. The highest BCUT2D eigenvalue weighted by Gasteiger charge is 2.10. The molecule has 0 heterocycles. The molecular weight excluding hydrogens is 312 g/mol. The Bertz CT molecular complexity index is 732. The van der Waals surface area contributed by atoms with E-state index in [4.69, 9.17) is 0 Å². The van der Waals surface area contributed by atoms with Crippen molar-refractivity contribution in [3.8, 4) is 11.5 Å². The van der Waals surface area contributed by atoms with Crippen LogP contribution in [0.25, 0.3) is 18.2 Å². The van der Waals surface area contributed by atoms with E-state index in [1.54, 1.807) is 12.1 Å². The molecule has 25 heavy (non-hydrogen) atoms. The molecule has 3 N–H and O–H groups in total. The molecule has 0 fully saturated rings. The minimum absolute atomic E-state index is 0.0439. The van der Waals surface area contributed by atoms with Crippen LogP contribution in [0.15, 0.2) is 48.5 Å². The van der Waals surface area contributed by atoms with Crippen molar-refractivity contribution in [3.05, 3.63) is 65.2 Å². The second-order valence-corrected chi connectivity index (χ2v) is 6.89. The van der Waals surface area contributed by atoms with Gasteiger partial charge in [-0.15, -0.1) is 0 Å². The lowest BCUT2D eigenvalue weighted by Crippen LogP contribution is -2.17. The number of aromatic hydroxyl groups is 2. The number of phenols is 2. The van der Waals surface area contributed by atoms with E-state index in [1.165, 1.54) is 6.07 Å². The first-order chi connectivity index (χ1) is 11.8. The molecule has 0 aliphatic carbocycles. The second kappa shape index (κ2) is 8.54. The predicted molar refractivity (Wildman–Crippen MR) is 104 cm³/mol. The summed E-state index contributed by atoms with van der Waals surface area (Å²) >= 11 is 0. The van der Waals surface area contributed by atoms with Gasteiger partial charge in [0.1, 0.15) is 11.5 Å². The summed E-state index contributed by atoms with van der Waals surface area (Å²) in [5, 5.41) is 28.7. The van der Waals surface area contributed by atoms with Crippen LogP contribution in [0.5, 0.6) is 11.5 Å². The summed E-state index contributed by atoms with van der Waals surface area (Å²) in [6.07, 6.45) is 10.7. The first-order valence-corrected chi connectivity index (χ1v) is 8.52. The first-order valence-electron chi connectivity index (χ1n) is 8.52. The third kappa shape index (κ3) is 7.27. The zero-order valence-corrected chi connectivity index (χ0v) is 14.8. The number of phenolic OH excluding ortho intramolecular Hbond substituents is 2. The lowest BCUT2D eigenvalue weighted by atomic mass is 10.0. The Labute approximate surface area is 149 Å². The monoisotopic (exact) mass is 338 g/mol. The normalized spacial score (nSPS) is 12.3. The average molecular weight is 338 g/mol. The van der Waals surface area contributed by atoms with Crippen LogP contribution in [0.4, 0.5) is 0 Å². The van der Waals surface area contributed by atoms with Crippen molar-refractivity contribution < 1.29 is 15.3 Å². The van der Waals surface area contributed by atoms with Crippen LogP contribution in [0.2, 0.25) is 0 Å². The summed E-state index contributed by atoms with van der Waals surface area (Å²) in [6.45, 7) is 3.66. The molecule has 0 aromatic heterocycles. The summed E-state index contributed by atoms with van der Waals surface area (Å²) in [5.41, 5.74) is 2.30. The van der Waals surface area contributed by atoms with Crippen LogP contribution >= 0.6 is 0 Å². The van der Waals surface area contributed by atoms with E-state index in [9.17, 15) is 15.3 Å². The van der Waals surface area contributed by atoms with E-state index < -0.39 is 5.60 Å². The van der Waals surface area contributed by atoms with Gasteiger partial charge >= 0.3 is 0 Å².